The van der Waals surface area contributed by atoms with Crippen LogP contribution in [0.2, 0.25) is 5.02 Å². The van der Waals surface area contributed by atoms with E-state index in [-0.39, 0.29) is 11.9 Å². The zero-order valence-corrected chi connectivity index (χ0v) is 12.9. The number of amides is 1. The topological polar surface area (TPSA) is 63.1 Å². The summed E-state index contributed by atoms with van der Waals surface area (Å²) in [7, 11) is 0. The fourth-order valence-electron chi connectivity index (χ4n) is 2.72. The van der Waals surface area contributed by atoms with Crippen LogP contribution in [0.1, 0.15) is 18.0 Å². The van der Waals surface area contributed by atoms with Crippen molar-refractivity contribution in [3.05, 3.63) is 47.2 Å². The number of aromatic nitrogens is 3. The number of rotatable bonds is 4. The van der Waals surface area contributed by atoms with E-state index >= 15 is 0 Å². The lowest BCUT2D eigenvalue weighted by molar-refractivity contribution is -0.134. The van der Waals surface area contributed by atoms with Crippen molar-refractivity contribution >= 4 is 17.5 Å². The van der Waals surface area contributed by atoms with Gasteiger partial charge in [0.1, 0.15) is 0 Å². The largest absolute Gasteiger partial charge is 0.333 e. The summed E-state index contributed by atoms with van der Waals surface area (Å²) in [4.78, 5) is 14.5. The van der Waals surface area contributed by atoms with E-state index < -0.39 is 0 Å². The van der Waals surface area contributed by atoms with Gasteiger partial charge in [0, 0.05) is 37.3 Å². The average Bonchev–Trinajstić information content (AvgIpc) is 3.06. The highest BCUT2D eigenvalue weighted by atomic mass is 35.5. The van der Waals surface area contributed by atoms with Gasteiger partial charge in [0.05, 0.1) is 18.8 Å². The molecular formula is C15H18ClN5O. The molecule has 116 valence electrons. The van der Waals surface area contributed by atoms with Crippen LogP contribution in [0.4, 0.5) is 0 Å². The first-order chi connectivity index (χ1) is 10.7. The quantitative estimate of drug-likeness (QED) is 0.927. The van der Waals surface area contributed by atoms with E-state index in [1.807, 2.05) is 29.2 Å². The van der Waals surface area contributed by atoms with Crippen LogP contribution in [0.25, 0.3) is 0 Å². The van der Waals surface area contributed by atoms with Crippen molar-refractivity contribution in [3.63, 3.8) is 0 Å². The summed E-state index contributed by atoms with van der Waals surface area (Å²) in [5.74, 6) is 0.127. The number of carbonyl (C=O) groups excluding carboxylic acids is 1. The van der Waals surface area contributed by atoms with Crippen molar-refractivity contribution in [2.24, 2.45) is 0 Å². The number of benzene rings is 1. The fraction of sp³-hybridized carbons (Fsp3) is 0.400. The SMILES string of the molecule is O=C(CCn1ccnn1)N1CCNCC1c1cccc(Cl)c1. The van der Waals surface area contributed by atoms with E-state index in [4.69, 9.17) is 11.6 Å². The highest BCUT2D eigenvalue weighted by Crippen LogP contribution is 2.25. The van der Waals surface area contributed by atoms with Crippen molar-refractivity contribution in [1.29, 1.82) is 0 Å². The number of hydrogen-bond acceptors (Lipinski definition) is 4. The third-order valence-electron chi connectivity index (χ3n) is 3.82. The summed E-state index contributed by atoms with van der Waals surface area (Å²) in [6.45, 7) is 2.81. The summed E-state index contributed by atoms with van der Waals surface area (Å²) in [6, 6.07) is 7.73. The number of halogens is 1. The highest BCUT2D eigenvalue weighted by Gasteiger charge is 2.27. The van der Waals surface area contributed by atoms with Gasteiger partial charge in [0.25, 0.3) is 0 Å². The Morgan fingerprint density at radius 3 is 3.14 bits per heavy atom. The maximum Gasteiger partial charge on any atom is 0.225 e. The second-order valence-electron chi connectivity index (χ2n) is 5.28. The highest BCUT2D eigenvalue weighted by molar-refractivity contribution is 6.30. The molecule has 0 saturated carbocycles. The van der Waals surface area contributed by atoms with Gasteiger partial charge in [-0.3, -0.25) is 9.48 Å². The van der Waals surface area contributed by atoms with Crippen LogP contribution in [-0.2, 0) is 11.3 Å². The van der Waals surface area contributed by atoms with Gasteiger partial charge >= 0.3 is 0 Å². The number of hydrogen-bond donors (Lipinski definition) is 1. The first kappa shape index (κ1) is 15.0. The minimum Gasteiger partial charge on any atom is -0.333 e. The summed E-state index contributed by atoms with van der Waals surface area (Å²) in [6.07, 6.45) is 3.80. The molecule has 2 heterocycles. The molecule has 0 radical (unpaired) electrons. The molecular weight excluding hydrogens is 302 g/mol. The predicted molar refractivity (Wildman–Crippen MR) is 83.4 cm³/mol. The van der Waals surface area contributed by atoms with Crippen molar-refractivity contribution in [2.45, 2.75) is 19.0 Å². The minimum atomic E-state index is 0.0238. The zero-order valence-electron chi connectivity index (χ0n) is 12.2. The van der Waals surface area contributed by atoms with Crippen molar-refractivity contribution < 1.29 is 4.79 Å². The molecule has 0 spiro atoms. The Labute approximate surface area is 134 Å². The van der Waals surface area contributed by atoms with E-state index in [1.165, 1.54) is 0 Å². The molecule has 6 nitrogen and oxygen atoms in total. The summed E-state index contributed by atoms with van der Waals surface area (Å²) >= 11 is 6.08. The van der Waals surface area contributed by atoms with Gasteiger partial charge < -0.3 is 10.2 Å². The summed E-state index contributed by atoms with van der Waals surface area (Å²) in [5.41, 5.74) is 1.06. The third kappa shape index (κ3) is 3.45. The van der Waals surface area contributed by atoms with E-state index in [0.29, 0.717) is 24.5 Å². The van der Waals surface area contributed by atoms with E-state index in [2.05, 4.69) is 15.6 Å². The molecule has 1 unspecified atom stereocenters. The number of piperazine rings is 1. The normalized spacial score (nSPS) is 18.4. The van der Waals surface area contributed by atoms with Gasteiger partial charge in [-0.25, -0.2) is 0 Å². The summed E-state index contributed by atoms with van der Waals surface area (Å²) in [5, 5.41) is 11.7. The van der Waals surface area contributed by atoms with Gasteiger partial charge in [-0.2, -0.15) is 0 Å². The molecule has 1 aliphatic heterocycles. The standard InChI is InChI=1S/C15H18ClN5O/c16-13-3-1-2-12(10-13)14-11-17-5-9-21(14)15(22)4-7-20-8-6-18-19-20/h1-3,6,8,10,14,17H,4-5,7,9,11H2. The van der Waals surface area contributed by atoms with E-state index in [9.17, 15) is 4.79 Å². The molecule has 7 heteroatoms. The van der Waals surface area contributed by atoms with Crippen molar-refractivity contribution in [1.82, 2.24) is 25.2 Å². The van der Waals surface area contributed by atoms with Gasteiger partial charge in [0.15, 0.2) is 0 Å². The van der Waals surface area contributed by atoms with Crippen LogP contribution in [0.5, 0.6) is 0 Å². The Kier molecular flexibility index (Phi) is 4.70. The number of aryl methyl sites for hydroxylation is 1. The molecule has 3 rings (SSSR count). The average molecular weight is 320 g/mol. The molecule has 1 aromatic carbocycles. The molecule has 1 atom stereocenters. The minimum absolute atomic E-state index is 0.0238. The molecule has 1 aliphatic rings. The maximum atomic E-state index is 12.6. The number of nitrogens with one attached hydrogen (secondary N) is 1. The predicted octanol–water partition coefficient (Wildman–Crippen LogP) is 1.49. The molecule has 22 heavy (non-hydrogen) atoms. The lowest BCUT2D eigenvalue weighted by Gasteiger charge is -2.36. The Bertz CT molecular complexity index is 631. The van der Waals surface area contributed by atoms with Gasteiger partial charge in [-0.15, -0.1) is 5.10 Å². The Morgan fingerprint density at radius 2 is 2.36 bits per heavy atom. The van der Waals surface area contributed by atoms with Gasteiger partial charge in [-0.05, 0) is 17.7 Å². The molecule has 0 aliphatic carbocycles. The second kappa shape index (κ2) is 6.89. The van der Waals surface area contributed by atoms with Crippen LogP contribution < -0.4 is 5.32 Å². The summed E-state index contributed by atoms with van der Waals surface area (Å²) < 4.78 is 1.68. The van der Waals surface area contributed by atoms with Gasteiger partial charge in [-0.1, -0.05) is 28.9 Å². The zero-order chi connectivity index (χ0) is 15.4. The monoisotopic (exact) mass is 319 g/mol. The maximum absolute atomic E-state index is 12.6. The van der Waals surface area contributed by atoms with Crippen LogP contribution in [0.3, 0.4) is 0 Å². The van der Waals surface area contributed by atoms with Crippen molar-refractivity contribution in [3.8, 4) is 0 Å². The molecule has 2 aromatic rings. The molecule has 1 aromatic heterocycles. The van der Waals surface area contributed by atoms with Gasteiger partial charge in [0.2, 0.25) is 5.91 Å². The lowest BCUT2D eigenvalue weighted by Crippen LogP contribution is -2.48. The Balaban J connectivity index is 1.70. The van der Waals surface area contributed by atoms with Crippen LogP contribution >= 0.6 is 11.6 Å². The first-order valence-corrected chi connectivity index (χ1v) is 7.71. The number of carbonyl (C=O) groups is 1. The third-order valence-corrected chi connectivity index (χ3v) is 4.06. The second-order valence-corrected chi connectivity index (χ2v) is 5.71. The van der Waals surface area contributed by atoms with Crippen molar-refractivity contribution in [2.75, 3.05) is 19.6 Å². The van der Waals surface area contributed by atoms with E-state index in [1.54, 1.807) is 17.1 Å². The Hall–Kier alpha value is -1.92. The molecule has 0 bridgehead atoms. The number of nitrogens with zero attached hydrogens (tertiary/aromatic N) is 4. The fourth-order valence-corrected chi connectivity index (χ4v) is 2.92. The molecule has 1 N–H and O–H groups in total. The molecule has 1 fully saturated rings. The van der Waals surface area contributed by atoms with E-state index in [0.717, 1.165) is 18.7 Å². The Morgan fingerprint density at radius 1 is 1.45 bits per heavy atom. The lowest BCUT2D eigenvalue weighted by atomic mass is 10.0. The van der Waals surface area contributed by atoms with Crippen LogP contribution in [-0.4, -0.2) is 45.4 Å². The smallest absolute Gasteiger partial charge is 0.225 e. The molecule has 1 saturated heterocycles. The van der Waals surface area contributed by atoms with Crippen LogP contribution in [0.15, 0.2) is 36.7 Å². The first-order valence-electron chi connectivity index (χ1n) is 7.34. The molecule has 1 amide bonds. The van der Waals surface area contributed by atoms with Crippen LogP contribution in [0, 0.1) is 0 Å².